The molecule has 1 aromatic heterocycles. The minimum absolute atomic E-state index is 0.0229. The Hall–Kier alpha value is -2.10. The Morgan fingerprint density at radius 2 is 1.71 bits per heavy atom. The maximum Gasteiger partial charge on any atom is 0.235 e. The lowest BCUT2D eigenvalue weighted by Crippen LogP contribution is -2.34. The van der Waals surface area contributed by atoms with E-state index >= 15 is 0 Å². The first-order chi connectivity index (χ1) is 9.71. The van der Waals surface area contributed by atoms with Crippen molar-refractivity contribution in [3.8, 4) is 0 Å². The molecule has 2 N–H and O–H groups in total. The molecule has 1 aromatic carbocycles. The van der Waals surface area contributed by atoms with Crippen LogP contribution in [0.3, 0.4) is 0 Å². The Morgan fingerprint density at radius 3 is 2.24 bits per heavy atom. The molecule has 0 radical (unpaired) electrons. The summed E-state index contributed by atoms with van der Waals surface area (Å²) in [6, 6.07) is 11.6. The first kappa shape index (κ1) is 15.3. The lowest BCUT2D eigenvalue weighted by atomic mass is 9.84. The third kappa shape index (κ3) is 3.32. The molecule has 0 saturated carbocycles. The predicted octanol–water partition coefficient (Wildman–Crippen LogP) is 3.62. The second-order valence-corrected chi connectivity index (χ2v) is 6.86. The van der Waals surface area contributed by atoms with Crippen molar-refractivity contribution < 1.29 is 4.79 Å². The van der Waals surface area contributed by atoms with Gasteiger partial charge in [0.2, 0.25) is 5.91 Å². The zero-order valence-electron chi connectivity index (χ0n) is 13.3. The molecule has 0 aliphatic carbocycles. The van der Waals surface area contributed by atoms with Crippen molar-refractivity contribution in [2.24, 2.45) is 0 Å². The summed E-state index contributed by atoms with van der Waals surface area (Å²) in [6.45, 7) is 10.1. The van der Waals surface area contributed by atoms with Crippen molar-refractivity contribution in [3.05, 3.63) is 47.7 Å². The van der Waals surface area contributed by atoms with Gasteiger partial charge in [-0.2, -0.15) is 5.10 Å². The molecule has 1 amide bonds. The van der Waals surface area contributed by atoms with Gasteiger partial charge in [-0.05, 0) is 19.4 Å². The van der Waals surface area contributed by atoms with Crippen molar-refractivity contribution in [3.63, 3.8) is 0 Å². The number of hydrogen-bond donors (Lipinski definition) is 2. The van der Waals surface area contributed by atoms with E-state index in [2.05, 4.69) is 36.3 Å². The van der Waals surface area contributed by atoms with Gasteiger partial charge in [-0.3, -0.25) is 9.89 Å². The summed E-state index contributed by atoms with van der Waals surface area (Å²) in [6.07, 6.45) is 0. The monoisotopic (exact) mass is 285 g/mol. The van der Waals surface area contributed by atoms with Gasteiger partial charge in [0.1, 0.15) is 0 Å². The summed E-state index contributed by atoms with van der Waals surface area (Å²) in [5.41, 5.74) is 1.34. The van der Waals surface area contributed by atoms with Crippen molar-refractivity contribution in [1.29, 1.82) is 0 Å². The normalized spacial score (nSPS) is 12.2. The third-order valence-corrected chi connectivity index (χ3v) is 3.69. The minimum atomic E-state index is -0.609. The molecule has 2 aromatic rings. The van der Waals surface area contributed by atoms with Crippen LogP contribution in [-0.2, 0) is 15.6 Å². The number of aromatic nitrogens is 2. The molecule has 21 heavy (non-hydrogen) atoms. The summed E-state index contributed by atoms with van der Waals surface area (Å²) in [7, 11) is 0. The second kappa shape index (κ2) is 5.35. The topological polar surface area (TPSA) is 57.8 Å². The highest BCUT2D eigenvalue weighted by atomic mass is 16.2. The minimum Gasteiger partial charge on any atom is -0.308 e. The van der Waals surface area contributed by atoms with Crippen LogP contribution >= 0.6 is 0 Å². The first-order valence-corrected chi connectivity index (χ1v) is 7.14. The average Bonchev–Trinajstić information content (AvgIpc) is 2.88. The summed E-state index contributed by atoms with van der Waals surface area (Å²) in [4.78, 5) is 12.5. The lowest BCUT2D eigenvalue weighted by molar-refractivity contribution is -0.120. The Labute approximate surface area is 126 Å². The predicted molar refractivity (Wildman–Crippen MR) is 85.4 cm³/mol. The van der Waals surface area contributed by atoms with Crippen molar-refractivity contribution in [2.75, 3.05) is 5.32 Å². The molecule has 2 rings (SSSR count). The van der Waals surface area contributed by atoms with E-state index < -0.39 is 5.41 Å². The Balaban J connectivity index is 2.16. The van der Waals surface area contributed by atoms with Crippen LogP contribution in [0.4, 0.5) is 5.82 Å². The van der Waals surface area contributed by atoms with Crippen LogP contribution in [0.15, 0.2) is 36.4 Å². The second-order valence-electron chi connectivity index (χ2n) is 6.86. The van der Waals surface area contributed by atoms with Crippen molar-refractivity contribution >= 4 is 11.7 Å². The van der Waals surface area contributed by atoms with Crippen LogP contribution in [0.2, 0.25) is 0 Å². The van der Waals surface area contributed by atoms with E-state index in [-0.39, 0.29) is 11.3 Å². The van der Waals surface area contributed by atoms with Gasteiger partial charge in [-0.1, -0.05) is 51.1 Å². The number of benzene rings is 1. The number of anilines is 1. The van der Waals surface area contributed by atoms with Gasteiger partial charge in [0.25, 0.3) is 0 Å². The molecule has 0 aliphatic heterocycles. The van der Waals surface area contributed by atoms with E-state index in [1.54, 1.807) is 0 Å². The largest absolute Gasteiger partial charge is 0.308 e. The summed E-state index contributed by atoms with van der Waals surface area (Å²) in [5.74, 6) is 0.495. The zero-order valence-corrected chi connectivity index (χ0v) is 13.3. The molecule has 0 unspecified atom stereocenters. The summed E-state index contributed by atoms with van der Waals surface area (Å²) in [5, 5.41) is 10.0. The van der Waals surface area contributed by atoms with E-state index in [1.807, 2.05) is 50.2 Å². The van der Waals surface area contributed by atoms with Crippen LogP contribution in [0.5, 0.6) is 0 Å². The summed E-state index contributed by atoms with van der Waals surface area (Å²) < 4.78 is 0. The number of rotatable bonds is 3. The molecule has 0 saturated heterocycles. The molecule has 0 aliphatic rings. The maximum absolute atomic E-state index is 12.5. The average molecular weight is 285 g/mol. The SMILES string of the molecule is CC(C)(C)c1cc(NC(=O)C(C)(C)c2ccccc2)n[nH]1. The number of aromatic amines is 1. The molecule has 0 bridgehead atoms. The van der Waals surface area contributed by atoms with Gasteiger partial charge in [-0.15, -0.1) is 0 Å². The molecule has 0 fully saturated rings. The Kier molecular flexibility index (Phi) is 3.90. The highest BCUT2D eigenvalue weighted by molar-refractivity contribution is 5.97. The van der Waals surface area contributed by atoms with E-state index in [9.17, 15) is 4.79 Å². The third-order valence-electron chi connectivity index (χ3n) is 3.69. The van der Waals surface area contributed by atoms with Gasteiger partial charge in [0.15, 0.2) is 5.82 Å². The fourth-order valence-electron chi connectivity index (χ4n) is 2.03. The molecule has 0 atom stereocenters. The standard InChI is InChI=1S/C17H23N3O/c1-16(2,3)13-11-14(20-19-13)18-15(21)17(4,5)12-9-7-6-8-10-12/h6-11H,1-5H3,(H2,18,19,20,21). The molecule has 1 heterocycles. The highest BCUT2D eigenvalue weighted by Crippen LogP contribution is 2.26. The zero-order chi connectivity index (χ0) is 15.7. The first-order valence-electron chi connectivity index (χ1n) is 7.14. The van der Waals surface area contributed by atoms with Crippen LogP contribution < -0.4 is 5.32 Å². The number of amides is 1. The van der Waals surface area contributed by atoms with Crippen LogP contribution in [0, 0.1) is 0 Å². The molecular weight excluding hydrogens is 262 g/mol. The molecule has 4 heteroatoms. The molecule has 112 valence electrons. The number of hydrogen-bond acceptors (Lipinski definition) is 2. The van der Waals surface area contributed by atoms with Gasteiger partial charge in [0, 0.05) is 17.2 Å². The molecular formula is C17H23N3O. The summed E-state index contributed by atoms with van der Waals surface area (Å²) >= 11 is 0. The fraction of sp³-hybridized carbons (Fsp3) is 0.412. The van der Waals surface area contributed by atoms with Crippen LogP contribution in [0.1, 0.15) is 45.9 Å². The van der Waals surface area contributed by atoms with Crippen LogP contribution in [0.25, 0.3) is 0 Å². The van der Waals surface area contributed by atoms with Gasteiger partial charge >= 0.3 is 0 Å². The molecule has 0 spiro atoms. The quantitative estimate of drug-likeness (QED) is 0.905. The molecule has 4 nitrogen and oxygen atoms in total. The van der Waals surface area contributed by atoms with Crippen LogP contribution in [-0.4, -0.2) is 16.1 Å². The van der Waals surface area contributed by atoms with E-state index in [4.69, 9.17) is 0 Å². The van der Waals surface area contributed by atoms with Crippen molar-refractivity contribution in [2.45, 2.75) is 45.4 Å². The van der Waals surface area contributed by atoms with Gasteiger partial charge in [0.05, 0.1) is 5.41 Å². The van der Waals surface area contributed by atoms with Gasteiger partial charge < -0.3 is 5.32 Å². The van der Waals surface area contributed by atoms with Gasteiger partial charge in [-0.25, -0.2) is 0 Å². The van der Waals surface area contributed by atoms with E-state index in [0.29, 0.717) is 5.82 Å². The number of nitrogens with one attached hydrogen (secondary N) is 2. The van der Waals surface area contributed by atoms with Crippen molar-refractivity contribution in [1.82, 2.24) is 10.2 Å². The number of H-pyrrole nitrogens is 1. The Morgan fingerprint density at radius 1 is 1.10 bits per heavy atom. The number of carbonyl (C=O) groups is 1. The fourth-order valence-corrected chi connectivity index (χ4v) is 2.03. The Bertz CT molecular complexity index is 621. The maximum atomic E-state index is 12.5. The smallest absolute Gasteiger partial charge is 0.235 e. The van der Waals surface area contributed by atoms with E-state index in [0.717, 1.165) is 11.3 Å². The number of carbonyl (C=O) groups excluding carboxylic acids is 1. The lowest BCUT2D eigenvalue weighted by Gasteiger charge is -2.23. The number of nitrogens with zero attached hydrogens (tertiary/aromatic N) is 1. The van der Waals surface area contributed by atoms with E-state index in [1.165, 1.54) is 0 Å². The highest BCUT2D eigenvalue weighted by Gasteiger charge is 2.30.